The molecule has 1 atom stereocenters. The van der Waals surface area contributed by atoms with Gasteiger partial charge >= 0.3 is 0 Å². The SMILES string of the molecule is CC1CCc2c(sc3ncn(CC(=O)c4ccc[nH]4)c(=O)c23)C1. The molecule has 3 aromatic heterocycles. The van der Waals surface area contributed by atoms with Gasteiger partial charge in [0.1, 0.15) is 4.83 Å². The number of ketones is 1. The Bertz CT molecular complexity index is 937. The molecule has 1 N–H and O–H groups in total. The maximum absolute atomic E-state index is 12.8. The lowest BCUT2D eigenvalue weighted by atomic mass is 9.89. The van der Waals surface area contributed by atoms with Gasteiger partial charge in [-0.2, -0.15) is 0 Å². The van der Waals surface area contributed by atoms with Crippen LogP contribution >= 0.6 is 11.3 Å². The number of carbonyl (C=O) groups excluding carboxylic acids is 1. The van der Waals surface area contributed by atoms with E-state index in [-0.39, 0.29) is 17.9 Å². The minimum Gasteiger partial charge on any atom is -0.359 e. The van der Waals surface area contributed by atoms with Crippen molar-refractivity contribution in [1.82, 2.24) is 14.5 Å². The Balaban J connectivity index is 1.76. The highest BCUT2D eigenvalue weighted by Crippen LogP contribution is 2.35. The van der Waals surface area contributed by atoms with E-state index in [2.05, 4.69) is 16.9 Å². The number of carbonyl (C=O) groups is 1. The Morgan fingerprint density at radius 3 is 3.17 bits per heavy atom. The highest BCUT2D eigenvalue weighted by Gasteiger charge is 2.23. The number of hydrogen-bond donors (Lipinski definition) is 1. The topological polar surface area (TPSA) is 67.8 Å². The molecule has 1 aliphatic rings. The fourth-order valence-electron chi connectivity index (χ4n) is 3.22. The van der Waals surface area contributed by atoms with Crippen molar-refractivity contribution in [3.8, 4) is 0 Å². The maximum Gasteiger partial charge on any atom is 0.262 e. The van der Waals surface area contributed by atoms with Crippen molar-refractivity contribution in [3.05, 3.63) is 51.1 Å². The van der Waals surface area contributed by atoms with E-state index in [0.29, 0.717) is 11.6 Å². The van der Waals surface area contributed by atoms with Crippen LogP contribution in [0.2, 0.25) is 0 Å². The van der Waals surface area contributed by atoms with Crippen molar-refractivity contribution in [3.63, 3.8) is 0 Å². The molecule has 23 heavy (non-hydrogen) atoms. The number of H-pyrrole nitrogens is 1. The molecule has 1 aliphatic carbocycles. The van der Waals surface area contributed by atoms with Crippen LogP contribution in [-0.4, -0.2) is 20.3 Å². The number of thiophene rings is 1. The van der Waals surface area contributed by atoms with Crippen LogP contribution in [0.15, 0.2) is 29.5 Å². The normalized spacial score (nSPS) is 17.3. The second-order valence-corrected chi connectivity index (χ2v) is 7.30. The molecule has 4 rings (SSSR count). The Morgan fingerprint density at radius 1 is 1.52 bits per heavy atom. The fraction of sp³-hybridized carbons (Fsp3) is 0.353. The highest BCUT2D eigenvalue weighted by atomic mass is 32.1. The van der Waals surface area contributed by atoms with Crippen LogP contribution in [0.25, 0.3) is 10.2 Å². The molecule has 6 heteroatoms. The molecule has 3 heterocycles. The number of aromatic nitrogens is 3. The van der Waals surface area contributed by atoms with E-state index in [1.54, 1.807) is 29.7 Å². The summed E-state index contributed by atoms with van der Waals surface area (Å²) in [6, 6.07) is 3.49. The molecule has 0 saturated carbocycles. The third kappa shape index (κ3) is 2.43. The van der Waals surface area contributed by atoms with Gasteiger partial charge in [0.05, 0.1) is 24.0 Å². The van der Waals surface area contributed by atoms with Crippen molar-refractivity contribution in [2.45, 2.75) is 32.7 Å². The summed E-state index contributed by atoms with van der Waals surface area (Å²) in [5.41, 5.74) is 1.57. The maximum atomic E-state index is 12.8. The molecule has 0 spiro atoms. The largest absolute Gasteiger partial charge is 0.359 e. The third-order valence-corrected chi connectivity index (χ3v) is 5.66. The summed E-state index contributed by atoms with van der Waals surface area (Å²) in [5.74, 6) is 0.545. The average molecular weight is 327 g/mol. The Morgan fingerprint density at radius 2 is 2.39 bits per heavy atom. The van der Waals surface area contributed by atoms with E-state index >= 15 is 0 Å². The lowest BCUT2D eigenvalue weighted by molar-refractivity contribution is 0.0966. The van der Waals surface area contributed by atoms with Gasteiger partial charge in [-0.1, -0.05) is 6.92 Å². The predicted octanol–water partition coefficient (Wildman–Crippen LogP) is 2.79. The van der Waals surface area contributed by atoms with Gasteiger partial charge in [0, 0.05) is 11.1 Å². The molecule has 118 valence electrons. The van der Waals surface area contributed by atoms with Gasteiger partial charge in [0.2, 0.25) is 0 Å². The molecular formula is C17H17N3O2S. The number of nitrogens with one attached hydrogen (secondary N) is 1. The van der Waals surface area contributed by atoms with Gasteiger partial charge in [0.15, 0.2) is 5.78 Å². The van der Waals surface area contributed by atoms with Crippen molar-refractivity contribution in [2.75, 3.05) is 0 Å². The number of nitrogens with zero attached hydrogens (tertiary/aromatic N) is 2. The lowest BCUT2D eigenvalue weighted by Crippen LogP contribution is -2.25. The van der Waals surface area contributed by atoms with E-state index in [0.717, 1.165) is 35.0 Å². The molecule has 5 nitrogen and oxygen atoms in total. The smallest absolute Gasteiger partial charge is 0.262 e. The zero-order valence-corrected chi connectivity index (χ0v) is 13.7. The van der Waals surface area contributed by atoms with Gasteiger partial charge in [0.25, 0.3) is 5.56 Å². The molecule has 0 aliphatic heterocycles. The van der Waals surface area contributed by atoms with E-state index < -0.39 is 0 Å². The molecule has 0 saturated heterocycles. The first kappa shape index (κ1) is 14.4. The molecular weight excluding hydrogens is 310 g/mol. The molecule has 0 fully saturated rings. The summed E-state index contributed by atoms with van der Waals surface area (Å²) in [4.78, 5) is 34.4. The second-order valence-electron chi connectivity index (χ2n) is 6.22. The zero-order chi connectivity index (χ0) is 16.0. The van der Waals surface area contributed by atoms with Crippen molar-refractivity contribution in [1.29, 1.82) is 0 Å². The van der Waals surface area contributed by atoms with Crippen LogP contribution in [-0.2, 0) is 19.4 Å². The Hall–Kier alpha value is -2.21. The van der Waals surface area contributed by atoms with Gasteiger partial charge in [-0.05, 0) is 42.9 Å². The number of Topliss-reactive ketones (excluding diaryl/α,β-unsaturated/α-hetero) is 1. The minimum atomic E-state index is -0.115. The quantitative estimate of drug-likeness (QED) is 0.752. The average Bonchev–Trinajstić information content (AvgIpc) is 3.16. The number of fused-ring (bicyclic) bond motifs is 3. The summed E-state index contributed by atoms with van der Waals surface area (Å²) >= 11 is 1.63. The van der Waals surface area contributed by atoms with E-state index in [1.807, 2.05) is 0 Å². The Labute approximate surface area is 137 Å². The van der Waals surface area contributed by atoms with Crippen LogP contribution in [0.1, 0.15) is 34.3 Å². The van der Waals surface area contributed by atoms with Gasteiger partial charge < -0.3 is 4.98 Å². The van der Waals surface area contributed by atoms with E-state index in [4.69, 9.17) is 0 Å². The first-order valence-electron chi connectivity index (χ1n) is 7.79. The lowest BCUT2D eigenvalue weighted by Gasteiger charge is -2.17. The predicted molar refractivity (Wildman–Crippen MR) is 90.2 cm³/mol. The standard InChI is InChI=1S/C17H17N3O2S/c1-10-4-5-11-14(7-10)23-16-15(11)17(22)20(9-19-16)8-13(21)12-3-2-6-18-12/h2-3,6,9-10,18H,4-5,7-8H2,1H3. The first-order chi connectivity index (χ1) is 11.1. The molecule has 0 radical (unpaired) electrons. The molecule has 1 unspecified atom stereocenters. The van der Waals surface area contributed by atoms with Crippen LogP contribution < -0.4 is 5.56 Å². The number of aryl methyl sites for hydroxylation is 1. The van der Waals surface area contributed by atoms with Crippen LogP contribution in [0.5, 0.6) is 0 Å². The molecule has 0 amide bonds. The number of rotatable bonds is 3. The summed E-state index contributed by atoms with van der Waals surface area (Å²) in [7, 11) is 0. The minimum absolute atomic E-state index is 0.0172. The number of hydrogen-bond acceptors (Lipinski definition) is 4. The summed E-state index contributed by atoms with van der Waals surface area (Å²) in [6.45, 7) is 2.26. The highest BCUT2D eigenvalue weighted by molar-refractivity contribution is 7.18. The number of aromatic amines is 1. The molecule has 0 aromatic carbocycles. The van der Waals surface area contributed by atoms with Crippen LogP contribution in [0, 0.1) is 5.92 Å². The van der Waals surface area contributed by atoms with Crippen molar-refractivity contribution < 1.29 is 4.79 Å². The van der Waals surface area contributed by atoms with Crippen molar-refractivity contribution >= 4 is 27.3 Å². The monoisotopic (exact) mass is 327 g/mol. The summed E-state index contributed by atoms with van der Waals surface area (Å²) in [6.07, 6.45) is 6.26. The van der Waals surface area contributed by atoms with Gasteiger partial charge in [-0.25, -0.2) is 4.98 Å². The first-order valence-corrected chi connectivity index (χ1v) is 8.61. The van der Waals surface area contributed by atoms with Crippen LogP contribution in [0.3, 0.4) is 0 Å². The summed E-state index contributed by atoms with van der Waals surface area (Å²) < 4.78 is 1.43. The van der Waals surface area contributed by atoms with E-state index in [1.165, 1.54) is 15.8 Å². The molecule has 3 aromatic rings. The van der Waals surface area contributed by atoms with Gasteiger partial charge in [-0.15, -0.1) is 11.3 Å². The molecule has 0 bridgehead atoms. The van der Waals surface area contributed by atoms with Crippen LogP contribution in [0.4, 0.5) is 0 Å². The second kappa shape index (κ2) is 5.45. The van der Waals surface area contributed by atoms with E-state index in [9.17, 15) is 9.59 Å². The fourth-order valence-corrected chi connectivity index (χ4v) is 4.56. The van der Waals surface area contributed by atoms with Gasteiger partial charge in [-0.3, -0.25) is 14.2 Å². The van der Waals surface area contributed by atoms with Crippen molar-refractivity contribution in [2.24, 2.45) is 5.92 Å². The summed E-state index contributed by atoms with van der Waals surface area (Å²) in [5, 5.41) is 0.721. The zero-order valence-electron chi connectivity index (χ0n) is 12.8. The Kier molecular flexibility index (Phi) is 3.41. The third-order valence-electron chi connectivity index (χ3n) is 4.49.